The molecule has 3 atom stereocenters. The third-order valence-electron chi connectivity index (χ3n) is 25.8. The zero-order valence-corrected chi connectivity index (χ0v) is 72.6. The maximum absolute atomic E-state index is 6.94. The van der Waals surface area contributed by atoms with E-state index in [2.05, 4.69) is 277 Å². The van der Waals surface area contributed by atoms with Gasteiger partial charge in [0.2, 0.25) is 0 Å². The molecule has 530 valence electrons. The van der Waals surface area contributed by atoms with E-state index in [4.69, 9.17) is 23.2 Å². The van der Waals surface area contributed by atoms with Gasteiger partial charge >= 0.3 is 642 Å². The molecule has 0 amide bonds. The summed E-state index contributed by atoms with van der Waals surface area (Å²) in [5.41, 5.74) is 41.0. The first-order valence-electron chi connectivity index (χ1n) is 39.2. The van der Waals surface area contributed by atoms with Gasteiger partial charge < -0.3 is 0 Å². The van der Waals surface area contributed by atoms with E-state index in [1.165, 1.54) is 170 Å². The van der Waals surface area contributed by atoms with E-state index >= 15 is 0 Å². The van der Waals surface area contributed by atoms with Gasteiger partial charge in [-0.25, -0.2) is 0 Å². The van der Waals surface area contributed by atoms with Gasteiger partial charge in [-0.2, -0.15) is 0 Å². The van der Waals surface area contributed by atoms with E-state index in [-0.39, 0.29) is 21.7 Å². The van der Waals surface area contributed by atoms with Crippen LogP contribution in [0.1, 0.15) is 267 Å². The van der Waals surface area contributed by atoms with Crippen molar-refractivity contribution < 1.29 is 40.5 Å². The number of rotatable bonds is 8. The average molecular weight is 1550 g/mol. The molecule has 3 unspecified atom stereocenters. The van der Waals surface area contributed by atoms with Crippen LogP contribution in [0.3, 0.4) is 0 Å². The minimum absolute atomic E-state index is 0.0498. The predicted molar refractivity (Wildman–Crippen MR) is 439 cm³/mol. The van der Waals surface area contributed by atoms with Crippen molar-refractivity contribution in [3.8, 4) is 55.6 Å². The van der Waals surface area contributed by atoms with Gasteiger partial charge in [-0.3, -0.25) is 0 Å². The Bertz CT molecular complexity index is 4560. The second-order valence-electron chi connectivity index (χ2n) is 38.0. The van der Waals surface area contributed by atoms with Gasteiger partial charge in [0.05, 0.1) is 0 Å². The Morgan fingerprint density at radius 1 is 0.363 bits per heavy atom. The second kappa shape index (κ2) is 27.1. The molecule has 0 bridgehead atoms. The Balaban J connectivity index is 0.000000178. The molecule has 9 aromatic carbocycles. The van der Waals surface area contributed by atoms with E-state index in [9.17, 15) is 0 Å². The van der Waals surface area contributed by atoms with Crippen molar-refractivity contribution in [3.05, 3.63) is 250 Å². The van der Waals surface area contributed by atoms with Gasteiger partial charge in [-0.15, -0.1) is 0 Å². The third kappa shape index (κ3) is 12.9. The van der Waals surface area contributed by atoms with Crippen LogP contribution < -0.4 is 6.54 Å². The molecular weight excluding hydrogens is 1430 g/mol. The number of halogens is 2. The van der Waals surface area contributed by atoms with Crippen molar-refractivity contribution in [2.45, 2.75) is 248 Å². The SMILES string of the molecule is CC(C)(C)c1ccc2c(c1)C(C1CCCCC1)c1c-2ccc(C(C)(C)C)[c]1[Zr]([CH3])([CH3])[c]1c(C(C)(C)C)ccc2c1C(C1CCCCC1)c1cc(C(C)(C)C)ccc1-2.Cc1cc(C)c(-c2ccc3c(c2)-c2cc(-c4c(C)cc(C)cc4C)ccc2[CH]3[Zr]([CH3])([CH3])[CH]2C=Cc3c(Cl)ccc(Cl)c32)c(C)c1. The van der Waals surface area contributed by atoms with E-state index < -0.39 is 40.5 Å². The van der Waals surface area contributed by atoms with Crippen LogP contribution >= 0.6 is 23.2 Å². The summed E-state index contributed by atoms with van der Waals surface area (Å²) in [7, 11) is 0. The monoisotopic (exact) mass is 1540 g/mol. The summed E-state index contributed by atoms with van der Waals surface area (Å²) in [5.74, 6) is 2.40. The Kier molecular flexibility index (Phi) is 19.6. The Morgan fingerprint density at radius 3 is 1.13 bits per heavy atom. The van der Waals surface area contributed by atoms with Crippen LogP contribution in [-0.4, -0.2) is 0 Å². The fourth-order valence-electron chi connectivity index (χ4n) is 21.2. The molecule has 6 aliphatic rings. The second-order valence-corrected chi connectivity index (χ2v) is 61.1. The van der Waals surface area contributed by atoms with Gasteiger partial charge in [0.15, 0.2) is 0 Å². The van der Waals surface area contributed by atoms with Crippen LogP contribution in [0.2, 0.25) is 28.6 Å². The minimum atomic E-state index is -3.61. The maximum atomic E-state index is 6.94. The van der Waals surface area contributed by atoms with Crippen LogP contribution in [0.4, 0.5) is 0 Å². The van der Waals surface area contributed by atoms with Crippen molar-refractivity contribution in [2.75, 3.05) is 0 Å². The van der Waals surface area contributed by atoms with E-state index in [0.29, 0.717) is 30.9 Å². The molecule has 6 aliphatic carbocycles. The molecule has 9 aromatic rings. The summed E-state index contributed by atoms with van der Waals surface area (Å²) >= 11 is 6.92. The normalized spacial score (nSPS) is 18.3. The molecule has 0 aromatic heterocycles. The molecule has 102 heavy (non-hydrogen) atoms. The fraction of sp³-hybridized carbons (Fsp3) is 0.429. The number of allylic oxidation sites excluding steroid dienone is 1. The fourth-order valence-corrected chi connectivity index (χ4v) is 42.9. The number of fused-ring (bicyclic) bond motifs is 10. The van der Waals surface area contributed by atoms with Crippen molar-refractivity contribution in [3.63, 3.8) is 0 Å². The molecular formula is C98H116Cl2Zr2. The molecule has 2 saturated carbocycles. The molecule has 0 N–H and O–H groups in total. The van der Waals surface area contributed by atoms with E-state index in [0.717, 1.165) is 15.6 Å². The standard InChI is InChI=1S/C31H29.2C27H35.C9H5Cl2.4CH3.2Zr/c1-18-11-20(3)30(21(4)12-18)26-9-7-24-15-25-8-10-27(17-29(25)28(24)16-26)31-22(5)13-19(2)14-23(31)6;2*1-26(2,3)19-12-14-21-22-15-13-20(27(4,5)6)17-24(22)25(23(21)16-19)18-10-8-7-9-11-18;10-8-4-5-9(11)7-3-1-2-6(7)8;;;;;;/h7-17H,1-6H3;2*12-16,18,25H,7-11H2,1-6H3;1-5H;4*1H3;;. The summed E-state index contributed by atoms with van der Waals surface area (Å²) in [4.78, 5) is 0. The third-order valence-corrected chi connectivity index (χ3v) is 45.5. The molecule has 0 heterocycles. The van der Waals surface area contributed by atoms with Gasteiger partial charge in [-0.1, -0.05) is 0 Å². The molecule has 0 saturated heterocycles. The summed E-state index contributed by atoms with van der Waals surface area (Å²) in [6, 6.07) is 53.6. The predicted octanol–water partition coefficient (Wildman–Crippen LogP) is 28.7. The van der Waals surface area contributed by atoms with Gasteiger partial charge in [0.25, 0.3) is 0 Å². The topological polar surface area (TPSA) is 0 Å². The van der Waals surface area contributed by atoms with Crippen LogP contribution in [0.25, 0.3) is 61.7 Å². The van der Waals surface area contributed by atoms with Crippen molar-refractivity contribution >= 4 is 35.8 Å². The summed E-state index contributed by atoms with van der Waals surface area (Å²) in [5, 5.41) is 1.64. The number of aryl methyl sites for hydroxylation is 6. The van der Waals surface area contributed by atoms with Crippen LogP contribution in [0.5, 0.6) is 0 Å². The number of hydrogen-bond acceptors (Lipinski definition) is 0. The van der Waals surface area contributed by atoms with Crippen LogP contribution in [-0.2, 0) is 62.2 Å². The van der Waals surface area contributed by atoms with Crippen LogP contribution in [0, 0.1) is 53.4 Å². The van der Waals surface area contributed by atoms with E-state index in [1.54, 1.807) is 44.5 Å². The van der Waals surface area contributed by atoms with Crippen molar-refractivity contribution in [2.24, 2.45) is 11.8 Å². The Hall–Kier alpha value is -4.93. The summed E-state index contributed by atoms with van der Waals surface area (Å²) < 4.78 is 15.4. The first-order valence-corrected chi connectivity index (χ1v) is 55.1. The van der Waals surface area contributed by atoms with Crippen molar-refractivity contribution in [1.29, 1.82) is 0 Å². The molecule has 15 rings (SSSR count). The van der Waals surface area contributed by atoms with Gasteiger partial charge in [-0.05, 0) is 0 Å². The average Bonchev–Trinajstić information content (AvgIpc) is 1.48. The first-order chi connectivity index (χ1) is 48.0. The van der Waals surface area contributed by atoms with Crippen molar-refractivity contribution in [1.82, 2.24) is 0 Å². The van der Waals surface area contributed by atoms with Gasteiger partial charge in [0.1, 0.15) is 0 Å². The Morgan fingerprint density at radius 2 is 0.745 bits per heavy atom. The Labute approximate surface area is 635 Å². The molecule has 2 fully saturated rings. The summed E-state index contributed by atoms with van der Waals surface area (Å²) in [6.07, 6.45) is 18.4. The zero-order valence-electron chi connectivity index (χ0n) is 66.1. The van der Waals surface area contributed by atoms with Crippen LogP contribution in [0.15, 0.2) is 140 Å². The molecule has 0 radical (unpaired) electrons. The first kappa shape index (κ1) is 73.9. The molecule has 0 nitrogen and oxygen atoms in total. The zero-order chi connectivity index (χ0) is 73.0. The summed E-state index contributed by atoms with van der Waals surface area (Å²) in [6.45, 7) is 42.9. The molecule has 4 heteroatoms. The quantitative estimate of drug-likeness (QED) is 0.142. The van der Waals surface area contributed by atoms with E-state index in [1.807, 2.05) is 18.7 Å². The molecule has 0 aliphatic heterocycles. The number of hydrogen-bond donors (Lipinski definition) is 0. The number of benzene rings is 9. The van der Waals surface area contributed by atoms with Gasteiger partial charge in [0, 0.05) is 0 Å². The molecule has 0 spiro atoms.